The monoisotopic (exact) mass is 549 g/mol. The van der Waals surface area contributed by atoms with E-state index in [0.717, 1.165) is 57.7 Å². The maximum Gasteiger partial charge on any atom is 0.490 e. The fourth-order valence-electron chi connectivity index (χ4n) is 5.64. The second-order valence-corrected chi connectivity index (χ2v) is 11.3. The van der Waals surface area contributed by atoms with E-state index in [4.69, 9.17) is 14.6 Å². The van der Waals surface area contributed by atoms with Crippen LogP contribution in [-0.4, -0.2) is 69.7 Å². The molecule has 11 heteroatoms. The van der Waals surface area contributed by atoms with Gasteiger partial charge in [-0.25, -0.2) is 4.79 Å². The molecule has 0 saturated carbocycles. The quantitative estimate of drug-likeness (QED) is 0.594. The largest absolute Gasteiger partial charge is 0.490 e. The number of hydrogen-bond acceptors (Lipinski definition) is 5. The number of likely N-dealkylation sites (tertiary alicyclic amines) is 2. The first-order chi connectivity index (χ1) is 18.3. The highest BCUT2D eigenvalue weighted by Crippen LogP contribution is 2.43. The molecule has 0 radical (unpaired) electrons. The predicted molar refractivity (Wildman–Crippen MR) is 138 cm³/mol. The summed E-state index contributed by atoms with van der Waals surface area (Å²) in [5.41, 5.74) is 3.28. The molecule has 39 heavy (non-hydrogen) atoms. The lowest BCUT2D eigenvalue weighted by molar-refractivity contribution is -0.192. The van der Waals surface area contributed by atoms with Gasteiger partial charge in [0.2, 0.25) is 5.56 Å². The molecule has 2 fully saturated rings. The molecule has 0 atom stereocenters. The number of pyridine rings is 1. The van der Waals surface area contributed by atoms with Gasteiger partial charge in [-0.3, -0.25) is 14.5 Å². The Morgan fingerprint density at radius 3 is 2.21 bits per heavy atom. The lowest BCUT2D eigenvalue weighted by Gasteiger charge is -2.47. The van der Waals surface area contributed by atoms with Gasteiger partial charge in [0.05, 0.1) is 5.56 Å². The summed E-state index contributed by atoms with van der Waals surface area (Å²) in [4.78, 5) is 40.0. The van der Waals surface area contributed by atoms with Crippen molar-refractivity contribution in [3.63, 3.8) is 0 Å². The van der Waals surface area contributed by atoms with Crippen LogP contribution in [0.15, 0.2) is 41.3 Å². The fourth-order valence-corrected chi connectivity index (χ4v) is 5.64. The lowest BCUT2D eigenvalue weighted by atomic mass is 9.71. The lowest BCUT2D eigenvalue weighted by Crippen LogP contribution is -2.48. The van der Waals surface area contributed by atoms with Gasteiger partial charge in [-0.2, -0.15) is 13.2 Å². The number of nitrogens with zero attached hydrogens (tertiary/aromatic N) is 2. The van der Waals surface area contributed by atoms with E-state index in [0.29, 0.717) is 11.0 Å². The van der Waals surface area contributed by atoms with Gasteiger partial charge in [-0.1, -0.05) is 18.2 Å². The Hall–Kier alpha value is -3.34. The Bertz CT molecular complexity index is 1240. The predicted octanol–water partition coefficient (Wildman–Crippen LogP) is 4.24. The van der Waals surface area contributed by atoms with Crippen LogP contribution in [0.5, 0.6) is 5.75 Å². The van der Waals surface area contributed by atoms with Crippen molar-refractivity contribution in [3.05, 3.63) is 63.6 Å². The van der Waals surface area contributed by atoms with Crippen molar-refractivity contribution in [2.45, 2.75) is 64.3 Å². The zero-order chi connectivity index (χ0) is 28.4. The minimum absolute atomic E-state index is 0.0226. The minimum atomic E-state index is -5.08. The van der Waals surface area contributed by atoms with Crippen molar-refractivity contribution in [1.82, 2.24) is 14.8 Å². The van der Waals surface area contributed by atoms with Crippen LogP contribution in [0.1, 0.15) is 61.0 Å². The Labute approximate surface area is 224 Å². The molecular weight excluding hydrogens is 515 g/mol. The first-order valence-corrected chi connectivity index (χ1v) is 13.1. The second-order valence-electron chi connectivity index (χ2n) is 11.3. The number of carboxylic acids is 1. The molecular formula is C28H34F3N3O5. The fraction of sp³-hybridized carbons (Fsp3) is 0.536. The van der Waals surface area contributed by atoms with E-state index in [9.17, 15) is 22.8 Å². The van der Waals surface area contributed by atoms with Crippen LogP contribution in [0.2, 0.25) is 0 Å². The number of fused-ring (bicyclic) bond motifs is 1. The van der Waals surface area contributed by atoms with E-state index in [1.807, 2.05) is 4.90 Å². The van der Waals surface area contributed by atoms with Crippen LogP contribution >= 0.6 is 0 Å². The number of benzene rings is 1. The number of H-pyrrole nitrogens is 1. The van der Waals surface area contributed by atoms with Gasteiger partial charge in [0, 0.05) is 43.9 Å². The van der Waals surface area contributed by atoms with Gasteiger partial charge >= 0.3 is 12.1 Å². The molecule has 1 amide bonds. The summed E-state index contributed by atoms with van der Waals surface area (Å²) < 4.78 is 38.0. The number of amides is 1. The molecule has 2 N–H and O–H groups in total. The van der Waals surface area contributed by atoms with Gasteiger partial charge in [0.1, 0.15) is 11.4 Å². The number of aliphatic carboxylic acids is 1. The van der Waals surface area contributed by atoms with E-state index in [-0.39, 0.29) is 17.1 Å². The number of carbonyl (C=O) groups excluding carboxylic acids is 1. The van der Waals surface area contributed by atoms with Crippen molar-refractivity contribution < 1.29 is 32.6 Å². The van der Waals surface area contributed by atoms with Gasteiger partial charge < -0.3 is 19.7 Å². The van der Waals surface area contributed by atoms with Crippen LogP contribution < -0.4 is 10.3 Å². The third-order valence-electron chi connectivity index (χ3n) is 7.87. The molecule has 3 aliphatic heterocycles. The molecule has 2 aromatic rings. The topological polar surface area (TPSA) is 103 Å². The Morgan fingerprint density at radius 1 is 1.03 bits per heavy atom. The van der Waals surface area contributed by atoms with Crippen molar-refractivity contribution >= 4 is 11.9 Å². The zero-order valence-corrected chi connectivity index (χ0v) is 22.1. The third kappa shape index (κ3) is 7.00. The number of carbonyl (C=O) groups is 2. The second kappa shape index (κ2) is 11.0. The summed E-state index contributed by atoms with van der Waals surface area (Å²) in [5, 5.41) is 7.12. The SMILES string of the molecule is CC1(C)Cc2cccc(CN3CCC4(CC3)CCN(C(=O)c3ccc(=O)[nH]c3)CC4)c2O1.O=C(O)C(F)(F)F. The number of halogens is 3. The number of aromatic amines is 1. The smallest absolute Gasteiger partial charge is 0.487 e. The summed E-state index contributed by atoms with van der Waals surface area (Å²) in [6.45, 7) is 9.07. The van der Waals surface area contributed by atoms with Gasteiger partial charge in [0.15, 0.2) is 0 Å². The van der Waals surface area contributed by atoms with Crippen molar-refractivity contribution in [3.8, 4) is 5.75 Å². The van der Waals surface area contributed by atoms with Crippen LogP contribution in [0.4, 0.5) is 13.2 Å². The maximum atomic E-state index is 12.8. The summed E-state index contributed by atoms with van der Waals surface area (Å²) in [5.74, 6) is -1.63. The average Bonchev–Trinajstić information content (AvgIpc) is 3.21. The molecule has 5 rings (SSSR count). The molecule has 8 nitrogen and oxygen atoms in total. The highest BCUT2D eigenvalue weighted by atomic mass is 19.4. The molecule has 4 heterocycles. The standard InChI is InChI=1S/C26H33N3O3.C2HF3O2/c1-25(2)16-19-4-3-5-21(23(19)32-25)18-28-12-8-26(9-13-28)10-14-29(15-11-26)24(31)20-6-7-22(30)27-17-20;3-2(4,5)1(6)7/h3-7,17H,8-16,18H2,1-2H3,(H,27,30);(H,6,7). The number of hydrogen-bond donors (Lipinski definition) is 2. The number of piperidine rings is 2. The number of rotatable bonds is 3. The first kappa shape index (κ1) is 28.7. The molecule has 1 spiro atoms. The highest BCUT2D eigenvalue weighted by Gasteiger charge is 2.40. The van der Waals surface area contributed by atoms with Crippen LogP contribution in [-0.2, 0) is 17.8 Å². The molecule has 0 unspecified atom stereocenters. The van der Waals surface area contributed by atoms with Crippen LogP contribution in [0.25, 0.3) is 0 Å². The van der Waals surface area contributed by atoms with Crippen LogP contribution in [0.3, 0.4) is 0 Å². The number of ether oxygens (including phenoxy) is 1. The van der Waals surface area contributed by atoms with E-state index in [1.165, 1.54) is 36.2 Å². The van der Waals surface area contributed by atoms with Gasteiger partial charge in [-0.15, -0.1) is 0 Å². The molecule has 212 valence electrons. The summed E-state index contributed by atoms with van der Waals surface area (Å²) in [6.07, 6.45) is 1.93. The number of alkyl halides is 3. The van der Waals surface area contributed by atoms with E-state index in [1.54, 1.807) is 6.07 Å². The molecule has 3 aliphatic rings. The summed E-state index contributed by atoms with van der Waals surface area (Å²) >= 11 is 0. The van der Waals surface area contributed by atoms with E-state index >= 15 is 0 Å². The van der Waals surface area contributed by atoms with E-state index < -0.39 is 12.1 Å². The molecule has 1 aromatic carbocycles. The zero-order valence-electron chi connectivity index (χ0n) is 22.1. The molecule has 2 saturated heterocycles. The van der Waals surface area contributed by atoms with E-state index in [2.05, 4.69) is 41.9 Å². The number of nitrogens with one attached hydrogen (secondary N) is 1. The molecule has 0 bridgehead atoms. The third-order valence-corrected chi connectivity index (χ3v) is 7.87. The van der Waals surface area contributed by atoms with Gasteiger partial charge in [-0.05, 0) is 69.7 Å². The summed E-state index contributed by atoms with van der Waals surface area (Å²) in [7, 11) is 0. The average molecular weight is 550 g/mol. The summed E-state index contributed by atoms with van der Waals surface area (Å²) in [6, 6.07) is 9.61. The Balaban J connectivity index is 0.000000448. The Morgan fingerprint density at radius 2 is 1.64 bits per heavy atom. The number of para-hydroxylation sites is 1. The number of carboxylic acid groups (broad SMARTS) is 1. The van der Waals surface area contributed by atoms with Crippen LogP contribution in [0, 0.1) is 5.41 Å². The van der Waals surface area contributed by atoms with Crippen molar-refractivity contribution in [1.29, 1.82) is 0 Å². The Kier molecular flexibility index (Phi) is 8.11. The maximum absolute atomic E-state index is 12.8. The number of aromatic nitrogens is 1. The van der Waals surface area contributed by atoms with Crippen molar-refractivity contribution in [2.24, 2.45) is 5.41 Å². The van der Waals surface area contributed by atoms with Gasteiger partial charge in [0.25, 0.3) is 5.91 Å². The molecule has 1 aromatic heterocycles. The van der Waals surface area contributed by atoms with Crippen molar-refractivity contribution in [2.75, 3.05) is 26.2 Å². The molecule has 0 aliphatic carbocycles. The minimum Gasteiger partial charge on any atom is -0.487 e. The highest BCUT2D eigenvalue weighted by molar-refractivity contribution is 5.93. The normalized spacial score (nSPS) is 20.0. The first-order valence-electron chi connectivity index (χ1n) is 13.1.